The molecule has 0 fully saturated rings. The Bertz CT molecular complexity index is 1250. The smallest absolute Gasteiger partial charge is 0.0468 e. The van der Waals surface area contributed by atoms with Crippen molar-refractivity contribution in [3.8, 4) is 11.1 Å². The van der Waals surface area contributed by atoms with Crippen molar-refractivity contribution in [2.24, 2.45) is 0 Å². The molecule has 2 aromatic rings. The van der Waals surface area contributed by atoms with Crippen LogP contribution < -0.4 is 10.6 Å². The van der Waals surface area contributed by atoms with E-state index in [1.165, 1.54) is 52.0 Å². The molecule has 0 amide bonds. The molecule has 1 heterocycles. The summed E-state index contributed by atoms with van der Waals surface area (Å²) in [6.07, 6.45) is 14.1. The Morgan fingerprint density at radius 2 is 1.86 bits per heavy atom. The van der Waals surface area contributed by atoms with Gasteiger partial charge < -0.3 is 20.4 Å². The van der Waals surface area contributed by atoms with Gasteiger partial charge in [0, 0.05) is 53.4 Å². The van der Waals surface area contributed by atoms with E-state index >= 15 is 0 Å². The van der Waals surface area contributed by atoms with E-state index in [0.717, 1.165) is 49.6 Å². The van der Waals surface area contributed by atoms with E-state index in [-0.39, 0.29) is 0 Å². The van der Waals surface area contributed by atoms with Gasteiger partial charge in [-0.2, -0.15) is 0 Å². The largest absolute Gasteiger partial charge is 0.358 e. The molecule has 0 unspecified atom stereocenters. The van der Waals surface area contributed by atoms with Crippen LogP contribution in [0, 0.1) is 0 Å². The first-order chi connectivity index (χ1) is 17.9. The molecule has 0 atom stereocenters. The number of nitrogens with one attached hydrogen (secondary N) is 2. The third-order valence-corrected chi connectivity index (χ3v) is 7.15. The minimum absolute atomic E-state index is 0.847. The Hall–Kier alpha value is -3.34. The third kappa shape index (κ3) is 6.33. The van der Waals surface area contributed by atoms with Crippen molar-refractivity contribution >= 4 is 17.1 Å². The molecule has 0 radical (unpaired) electrons. The Labute approximate surface area is 223 Å². The maximum Gasteiger partial charge on any atom is 0.0468 e. The number of rotatable bonds is 9. The third-order valence-electron chi connectivity index (χ3n) is 7.15. The van der Waals surface area contributed by atoms with E-state index in [1.807, 2.05) is 0 Å². The molecule has 2 N–H and O–H groups in total. The molecule has 1 aliphatic heterocycles. The minimum Gasteiger partial charge on any atom is -0.358 e. The highest BCUT2D eigenvalue weighted by Gasteiger charge is 2.30. The Morgan fingerprint density at radius 3 is 2.65 bits per heavy atom. The lowest BCUT2D eigenvalue weighted by Gasteiger charge is -2.24. The second-order valence-corrected chi connectivity index (χ2v) is 10.3. The molecule has 0 saturated carbocycles. The minimum atomic E-state index is 0.847. The van der Waals surface area contributed by atoms with Crippen molar-refractivity contribution in [2.75, 3.05) is 50.9 Å². The zero-order valence-corrected chi connectivity index (χ0v) is 23.0. The fraction of sp³-hybridized carbons (Fsp3) is 0.333. The van der Waals surface area contributed by atoms with E-state index < -0.39 is 0 Å². The van der Waals surface area contributed by atoms with Gasteiger partial charge in [0.25, 0.3) is 0 Å². The van der Waals surface area contributed by atoms with Gasteiger partial charge in [0.05, 0.1) is 0 Å². The van der Waals surface area contributed by atoms with E-state index in [2.05, 4.69) is 122 Å². The summed E-state index contributed by atoms with van der Waals surface area (Å²) in [5.74, 6) is 0. The van der Waals surface area contributed by atoms with Crippen LogP contribution in [0.4, 0.5) is 11.4 Å². The van der Waals surface area contributed by atoms with Crippen LogP contribution in [0.5, 0.6) is 0 Å². The lowest BCUT2D eigenvalue weighted by Crippen LogP contribution is -2.23. The van der Waals surface area contributed by atoms with Crippen molar-refractivity contribution in [3.63, 3.8) is 0 Å². The molecule has 37 heavy (non-hydrogen) atoms. The average Bonchev–Trinajstić information content (AvgIpc) is 3.10. The first-order valence-electron chi connectivity index (χ1n) is 13.5. The van der Waals surface area contributed by atoms with Crippen LogP contribution in [0.3, 0.4) is 0 Å². The summed E-state index contributed by atoms with van der Waals surface area (Å²) in [6.45, 7) is 16.9. The molecule has 0 spiro atoms. The van der Waals surface area contributed by atoms with Gasteiger partial charge in [-0.1, -0.05) is 81.2 Å². The molecule has 4 nitrogen and oxygen atoms in total. The number of likely N-dealkylation sites (N-methyl/N-ethyl adjacent to an activating group) is 2. The van der Waals surface area contributed by atoms with Crippen LogP contribution in [0.25, 0.3) is 16.8 Å². The maximum atomic E-state index is 4.20. The molecule has 4 heteroatoms. The summed E-state index contributed by atoms with van der Waals surface area (Å²) in [7, 11) is 4.29. The number of nitrogens with zero attached hydrogens (tertiary/aromatic N) is 2. The first kappa shape index (κ1) is 26.7. The number of hydrogen-bond acceptors (Lipinski definition) is 4. The van der Waals surface area contributed by atoms with Gasteiger partial charge in [-0.05, 0) is 68.8 Å². The molecule has 0 aromatic heterocycles. The van der Waals surface area contributed by atoms with E-state index in [4.69, 9.17) is 0 Å². The molecule has 2 aromatic carbocycles. The molecular weight excluding hydrogens is 452 g/mol. The zero-order chi connectivity index (χ0) is 26.4. The summed E-state index contributed by atoms with van der Waals surface area (Å²) in [4.78, 5) is 4.62. The number of hydrogen-bond donors (Lipinski definition) is 2. The number of benzene rings is 2. The van der Waals surface area contributed by atoms with Crippen molar-refractivity contribution < 1.29 is 0 Å². The summed E-state index contributed by atoms with van der Waals surface area (Å²) in [5.41, 5.74) is 12.5. The predicted octanol–water partition coefficient (Wildman–Crippen LogP) is 7.30. The molecule has 5 rings (SSSR count). The van der Waals surface area contributed by atoms with Gasteiger partial charge in [0.2, 0.25) is 0 Å². The normalized spacial score (nSPS) is 14.5. The highest BCUT2D eigenvalue weighted by molar-refractivity contribution is 6.03. The van der Waals surface area contributed by atoms with Gasteiger partial charge in [0.15, 0.2) is 0 Å². The van der Waals surface area contributed by atoms with Gasteiger partial charge in [-0.25, -0.2) is 0 Å². The highest BCUT2D eigenvalue weighted by atomic mass is 15.1. The van der Waals surface area contributed by atoms with Gasteiger partial charge >= 0.3 is 0 Å². The van der Waals surface area contributed by atoms with Crippen LogP contribution >= 0.6 is 0 Å². The standard InChI is InChI=1S/C21H23N3.C12H19N/c1-5-24(4)12-13(2)22-18-9-10-19-21-17(18)11-15-7-6-8-16(20(15)21)14(3)23-19;1-3-10-13(2)11-12-8-6-4-5-7-9-12/h6-10,22-23H,2-3,5,11-12H2,1,4H3;4-8H,3,9-11H2,1-2H3. The van der Waals surface area contributed by atoms with E-state index in [1.54, 1.807) is 0 Å². The SMILES string of the molecule is C=C(CN(C)CC)Nc1ccc2c3c1Cc1cccc(c1-3)C(=C)N2.CCCN(C)CC1=CC=CC=CC1. The number of allylic oxidation sites excluding steroid dienone is 5. The fourth-order valence-electron chi connectivity index (χ4n) is 5.27. The molecule has 194 valence electrons. The fourth-order valence-corrected chi connectivity index (χ4v) is 5.27. The lowest BCUT2D eigenvalue weighted by molar-refractivity contribution is 0.361. The first-order valence-corrected chi connectivity index (χ1v) is 13.5. The average molecular weight is 495 g/mol. The summed E-state index contributed by atoms with van der Waals surface area (Å²) in [5, 5.41) is 7.00. The zero-order valence-electron chi connectivity index (χ0n) is 23.0. The monoisotopic (exact) mass is 494 g/mol. The highest BCUT2D eigenvalue weighted by Crippen LogP contribution is 2.50. The maximum absolute atomic E-state index is 4.20. The van der Waals surface area contributed by atoms with Crippen molar-refractivity contribution in [3.05, 3.63) is 102 Å². The summed E-state index contributed by atoms with van der Waals surface area (Å²) >= 11 is 0. The molecule has 0 saturated heterocycles. The van der Waals surface area contributed by atoms with Gasteiger partial charge in [-0.15, -0.1) is 0 Å². The molecule has 3 aliphatic rings. The second-order valence-electron chi connectivity index (χ2n) is 10.3. The van der Waals surface area contributed by atoms with Crippen LogP contribution in [0.2, 0.25) is 0 Å². The van der Waals surface area contributed by atoms with Crippen molar-refractivity contribution in [1.29, 1.82) is 0 Å². The molecular formula is C33H42N4. The van der Waals surface area contributed by atoms with Crippen molar-refractivity contribution in [1.82, 2.24) is 9.80 Å². The summed E-state index contributed by atoms with van der Waals surface area (Å²) < 4.78 is 0. The van der Waals surface area contributed by atoms with Gasteiger partial charge in [-0.3, -0.25) is 0 Å². The summed E-state index contributed by atoms with van der Waals surface area (Å²) in [6, 6.07) is 10.8. The Balaban J connectivity index is 0.000000209. The molecule has 0 bridgehead atoms. The van der Waals surface area contributed by atoms with Crippen LogP contribution in [0.15, 0.2) is 85.1 Å². The second kappa shape index (κ2) is 12.3. The van der Waals surface area contributed by atoms with Crippen LogP contribution in [0.1, 0.15) is 43.4 Å². The van der Waals surface area contributed by atoms with Crippen molar-refractivity contribution in [2.45, 2.75) is 33.1 Å². The Kier molecular flexibility index (Phi) is 8.86. The lowest BCUT2D eigenvalue weighted by atomic mass is 9.92. The Morgan fingerprint density at radius 1 is 1.03 bits per heavy atom. The number of anilines is 2. The van der Waals surface area contributed by atoms with Gasteiger partial charge in [0.1, 0.15) is 0 Å². The van der Waals surface area contributed by atoms with E-state index in [0.29, 0.717) is 0 Å². The quantitative estimate of drug-likeness (QED) is 0.327. The predicted molar refractivity (Wildman–Crippen MR) is 162 cm³/mol. The topological polar surface area (TPSA) is 30.5 Å². The van der Waals surface area contributed by atoms with Crippen LogP contribution in [-0.2, 0) is 6.42 Å². The van der Waals surface area contributed by atoms with E-state index in [9.17, 15) is 0 Å². The van der Waals surface area contributed by atoms with Crippen LogP contribution in [-0.4, -0.2) is 50.1 Å². The molecule has 2 aliphatic carbocycles.